The summed E-state index contributed by atoms with van der Waals surface area (Å²) in [6, 6.07) is 10.8. The molecule has 0 bridgehead atoms. The Bertz CT molecular complexity index is 537. The standard InChI is InChI=1S/C17H22N2O/c1-13-12-19-11-10-16(13)17(18-2)9-6-14-4-7-15(20-3)8-5-14/h4-5,7-8,10-12,17-18H,6,9H2,1-3H3. The van der Waals surface area contributed by atoms with E-state index in [0.29, 0.717) is 6.04 Å². The highest BCUT2D eigenvalue weighted by Gasteiger charge is 2.11. The van der Waals surface area contributed by atoms with Gasteiger partial charge in [-0.05, 0) is 61.7 Å². The molecule has 1 aromatic carbocycles. The number of hydrogen-bond acceptors (Lipinski definition) is 3. The summed E-state index contributed by atoms with van der Waals surface area (Å²) in [5, 5.41) is 3.40. The van der Waals surface area contributed by atoms with Gasteiger partial charge in [0.1, 0.15) is 5.75 Å². The maximum absolute atomic E-state index is 5.18. The number of aryl methyl sites for hydroxylation is 2. The maximum atomic E-state index is 5.18. The predicted molar refractivity (Wildman–Crippen MR) is 82.1 cm³/mol. The van der Waals surface area contributed by atoms with Gasteiger partial charge in [-0.15, -0.1) is 0 Å². The van der Waals surface area contributed by atoms with Gasteiger partial charge < -0.3 is 10.1 Å². The molecule has 3 nitrogen and oxygen atoms in total. The molecule has 0 spiro atoms. The molecular formula is C17H22N2O. The lowest BCUT2D eigenvalue weighted by Crippen LogP contribution is -2.18. The number of ether oxygens (including phenoxy) is 1. The molecular weight excluding hydrogens is 248 g/mol. The number of rotatable bonds is 6. The van der Waals surface area contributed by atoms with E-state index < -0.39 is 0 Å². The molecule has 1 heterocycles. The minimum Gasteiger partial charge on any atom is -0.497 e. The SMILES string of the molecule is CNC(CCc1ccc(OC)cc1)c1ccncc1C. The average Bonchev–Trinajstić information content (AvgIpc) is 2.50. The Labute approximate surface area is 121 Å². The van der Waals surface area contributed by atoms with Gasteiger partial charge in [0.05, 0.1) is 7.11 Å². The zero-order chi connectivity index (χ0) is 14.4. The van der Waals surface area contributed by atoms with Crippen LogP contribution in [-0.4, -0.2) is 19.1 Å². The Morgan fingerprint density at radius 1 is 1.20 bits per heavy atom. The van der Waals surface area contributed by atoms with Crippen molar-refractivity contribution in [1.82, 2.24) is 10.3 Å². The summed E-state index contributed by atoms with van der Waals surface area (Å²) in [5.74, 6) is 0.906. The Morgan fingerprint density at radius 3 is 2.55 bits per heavy atom. The lowest BCUT2D eigenvalue weighted by molar-refractivity contribution is 0.414. The van der Waals surface area contributed by atoms with Crippen molar-refractivity contribution in [2.75, 3.05) is 14.2 Å². The summed E-state index contributed by atoms with van der Waals surface area (Å²) in [4.78, 5) is 4.16. The van der Waals surface area contributed by atoms with Crippen LogP contribution in [0, 0.1) is 6.92 Å². The Hall–Kier alpha value is -1.87. The summed E-state index contributed by atoms with van der Waals surface area (Å²) >= 11 is 0. The molecule has 1 N–H and O–H groups in total. The average molecular weight is 270 g/mol. The van der Waals surface area contributed by atoms with Gasteiger partial charge in [-0.2, -0.15) is 0 Å². The minimum absolute atomic E-state index is 0.361. The molecule has 0 aliphatic carbocycles. The molecule has 0 saturated heterocycles. The first-order chi connectivity index (χ1) is 9.74. The summed E-state index contributed by atoms with van der Waals surface area (Å²) in [6.07, 6.45) is 5.89. The number of benzene rings is 1. The third-order valence-electron chi connectivity index (χ3n) is 3.67. The number of aromatic nitrogens is 1. The Balaban J connectivity index is 2.02. The largest absolute Gasteiger partial charge is 0.497 e. The van der Waals surface area contributed by atoms with Gasteiger partial charge in [0.15, 0.2) is 0 Å². The van der Waals surface area contributed by atoms with Crippen molar-refractivity contribution in [3.05, 3.63) is 59.4 Å². The second kappa shape index (κ2) is 7.06. The molecule has 0 saturated carbocycles. The quantitative estimate of drug-likeness (QED) is 0.874. The third kappa shape index (κ3) is 3.58. The first-order valence-electron chi connectivity index (χ1n) is 6.95. The van der Waals surface area contributed by atoms with E-state index in [-0.39, 0.29) is 0 Å². The van der Waals surface area contributed by atoms with Gasteiger partial charge in [0.2, 0.25) is 0 Å². The van der Waals surface area contributed by atoms with Gasteiger partial charge in [0.25, 0.3) is 0 Å². The molecule has 2 aromatic rings. The van der Waals surface area contributed by atoms with Crippen molar-refractivity contribution in [2.24, 2.45) is 0 Å². The maximum Gasteiger partial charge on any atom is 0.118 e. The van der Waals surface area contributed by atoms with Gasteiger partial charge >= 0.3 is 0 Å². The van der Waals surface area contributed by atoms with Crippen molar-refractivity contribution in [1.29, 1.82) is 0 Å². The lowest BCUT2D eigenvalue weighted by atomic mass is 9.97. The first-order valence-corrected chi connectivity index (χ1v) is 6.95. The van der Waals surface area contributed by atoms with Crippen LogP contribution in [0.15, 0.2) is 42.7 Å². The zero-order valence-electron chi connectivity index (χ0n) is 12.4. The molecule has 2 rings (SSSR count). The fourth-order valence-corrected chi connectivity index (χ4v) is 2.43. The van der Waals surface area contributed by atoms with E-state index in [2.05, 4.69) is 35.4 Å². The lowest BCUT2D eigenvalue weighted by Gasteiger charge is -2.18. The van der Waals surface area contributed by atoms with Crippen LogP contribution in [0.1, 0.15) is 29.2 Å². The van der Waals surface area contributed by atoms with E-state index in [1.165, 1.54) is 16.7 Å². The van der Waals surface area contributed by atoms with Crippen LogP contribution in [0.2, 0.25) is 0 Å². The monoisotopic (exact) mass is 270 g/mol. The molecule has 20 heavy (non-hydrogen) atoms. The molecule has 1 unspecified atom stereocenters. The highest BCUT2D eigenvalue weighted by Crippen LogP contribution is 2.22. The van der Waals surface area contributed by atoms with Crippen LogP contribution in [0.4, 0.5) is 0 Å². The van der Waals surface area contributed by atoms with Crippen molar-refractivity contribution in [2.45, 2.75) is 25.8 Å². The normalized spacial score (nSPS) is 12.2. The van der Waals surface area contributed by atoms with E-state index in [1.54, 1.807) is 7.11 Å². The van der Waals surface area contributed by atoms with E-state index >= 15 is 0 Å². The van der Waals surface area contributed by atoms with E-state index in [9.17, 15) is 0 Å². The fourth-order valence-electron chi connectivity index (χ4n) is 2.43. The summed E-state index contributed by atoms with van der Waals surface area (Å²) < 4.78 is 5.18. The van der Waals surface area contributed by atoms with E-state index in [0.717, 1.165) is 18.6 Å². The Morgan fingerprint density at radius 2 is 1.95 bits per heavy atom. The van der Waals surface area contributed by atoms with Crippen LogP contribution in [0.5, 0.6) is 5.75 Å². The summed E-state index contributed by atoms with van der Waals surface area (Å²) in [5.41, 5.74) is 3.90. The second-order valence-corrected chi connectivity index (χ2v) is 4.96. The molecule has 0 radical (unpaired) electrons. The van der Waals surface area contributed by atoms with Crippen LogP contribution in [-0.2, 0) is 6.42 Å². The number of hydrogen-bond donors (Lipinski definition) is 1. The number of pyridine rings is 1. The first kappa shape index (κ1) is 14.5. The minimum atomic E-state index is 0.361. The van der Waals surface area contributed by atoms with Gasteiger partial charge in [-0.25, -0.2) is 0 Å². The molecule has 0 fully saturated rings. The molecule has 0 aliphatic rings. The van der Waals surface area contributed by atoms with Gasteiger partial charge in [-0.3, -0.25) is 4.98 Å². The summed E-state index contributed by atoms with van der Waals surface area (Å²) in [7, 11) is 3.71. The van der Waals surface area contributed by atoms with Gasteiger partial charge in [0, 0.05) is 18.4 Å². The Kier molecular flexibility index (Phi) is 5.13. The second-order valence-electron chi connectivity index (χ2n) is 4.96. The smallest absolute Gasteiger partial charge is 0.118 e. The summed E-state index contributed by atoms with van der Waals surface area (Å²) in [6.45, 7) is 2.11. The topological polar surface area (TPSA) is 34.1 Å². The van der Waals surface area contributed by atoms with Crippen LogP contribution >= 0.6 is 0 Å². The molecule has 3 heteroatoms. The highest BCUT2D eigenvalue weighted by molar-refractivity contribution is 5.28. The van der Waals surface area contributed by atoms with E-state index in [4.69, 9.17) is 4.74 Å². The molecule has 1 atom stereocenters. The van der Waals surface area contributed by atoms with Gasteiger partial charge in [-0.1, -0.05) is 12.1 Å². The van der Waals surface area contributed by atoms with Crippen molar-refractivity contribution in [3.63, 3.8) is 0 Å². The van der Waals surface area contributed by atoms with Crippen LogP contribution in [0.25, 0.3) is 0 Å². The number of nitrogens with one attached hydrogen (secondary N) is 1. The molecule has 106 valence electrons. The van der Waals surface area contributed by atoms with Crippen molar-refractivity contribution in [3.8, 4) is 5.75 Å². The number of nitrogens with zero attached hydrogens (tertiary/aromatic N) is 1. The highest BCUT2D eigenvalue weighted by atomic mass is 16.5. The predicted octanol–water partition coefficient (Wildman–Crippen LogP) is 3.29. The number of methoxy groups -OCH3 is 1. The molecule has 0 aliphatic heterocycles. The van der Waals surface area contributed by atoms with E-state index in [1.807, 2.05) is 31.6 Å². The third-order valence-corrected chi connectivity index (χ3v) is 3.67. The van der Waals surface area contributed by atoms with Crippen molar-refractivity contribution >= 4 is 0 Å². The molecule has 1 aromatic heterocycles. The fraction of sp³-hybridized carbons (Fsp3) is 0.353. The van der Waals surface area contributed by atoms with Crippen molar-refractivity contribution < 1.29 is 4.74 Å². The molecule has 0 amide bonds. The van der Waals surface area contributed by atoms with Crippen LogP contribution in [0.3, 0.4) is 0 Å². The van der Waals surface area contributed by atoms with Crippen LogP contribution < -0.4 is 10.1 Å². The zero-order valence-corrected chi connectivity index (χ0v) is 12.4.